The lowest BCUT2D eigenvalue weighted by Crippen LogP contribution is -2.44. The molecule has 0 aromatic carbocycles. The fraction of sp³-hybridized carbons (Fsp3) is 0.545. The summed E-state index contributed by atoms with van der Waals surface area (Å²) in [5.41, 5.74) is 3.66. The highest BCUT2D eigenvalue weighted by molar-refractivity contribution is 7.99. The first kappa shape index (κ1) is 21.9. The molecule has 0 aliphatic carbocycles. The van der Waals surface area contributed by atoms with Gasteiger partial charge in [0.2, 0.25) is 0 Å². The number of fused-ring (bicyclic) bond motifs is 3. The molecule has 0 saturated carbocycles. The third-order valence-electron chi connectivity index (χ3n) is 5.25. The summed E-state index contributed by atoms with van der Waals surface area (Å²) in [6, 6.07) is 0. The molecule has 0 bridgehead atoms. The maximum absolute atomic E-state index is 5.04. The molecule has 1 saturated heterocycles. The molecule has 1 fully saturated rings. The Morgan fingerprint density at radius 2 is 1.86 bits per heavy atom. The lowest BCUT2D eigenvalue weighted by molar-refractivity contribution is 0.307. The van der Waals surface area contributed by atoms with Crippen LogP contribution >= 0.6 is 11.8 Å². The SMILES string of the molecule is C/C=C\C.C/C=C\CSc1c(N2CCNCC2)nn2c3c(cnc12)CN(C)CC3. The van der Waals surface area contributed by atoms with Crippen molar-refractivity contribution in [1.82, 2.24) is 24.8 Å². The van der Waals surface area contributed by atoms with Gasteiger partial charge < -0.3 is 15.1 Å². The van der Waals surface area contributed by atoms with Crippen molar-refractivity contribution in [2.75, 3.05) is 50.4 Å². The molecule has 6 nitrogen and oxygen atoms in total. The van der Waals surface area contributed by atoms with Crippen LogP contribution in [0, 0.1) is 0 Å². The predicted molar refractivity (Wildman–Crippen MR) is 124 cm³/mol. The van der Waals surface area contributed by atoms with Gasteiger partial charge in [0.25, 0.3) is 0 Å². The smallest absolute Gasteiger partial charge is 0.171 e. The van der Waals surface area contributed by atoms with Crippen molar-refractivity contribution in [3.05, 3.63) is 41.8 Å². The lowest BCUT2D eigenvalue weighted by Gasteiger charge is -2.28. The average molecular weight is 415 g/mol. The zero-order chi connectivity index (χ0) is 20.6. The van der Waals surface area contributed by atoms with Gasteiger partial charge in [-0.2, -0.15) is 0 Å². The number of piperazine rings is 1. The van der Waals surface area contributed by atoms with Crippen LogP contribution < -0.4 is 10.2 Å². The van der Waals surface area contributed by atoms with Gasteiger partial charge in [-0.3, -0.25) is 0 Å². The molecule has 1 N–H and O–H groups in total. The minimum absolute atomic E-state index is 0.957. The van der Waals surface area contributed by atoms with Gasteiger partial charge in [-0.05, 0) is 27.8 Å². The highest BCUT2D eigenvalue weighted by atomic mass is 32.2. The molecule has 0 radical (unpaired) electrons. The van der Waals surface area contributed by atoms with Crippen LogP contribution in [0.15, 0.2) is 35.4 Å². The second kappa shape index (κ2) is 10.8. The van der Waals surface area contributed by atoms with E-state index in [4.69, 9.17) is 10.1 Å². The number of nitrogens with one attached hydrogen (secondary N) is 1. The van der Waals surface area contributed by atoms with Crippen molar-refractivity contribution in [3.8, 4) is 0 Å². The van der Waals surface area contributed by atoms with Gasteiger partial charge in [-0.1, -0.05) is 24.3 Å². The Bertz CT molecular complexity index is 847. The number of allylic oxidation sites excluding steroid dienone is 3. The molecule has 2 aromatic heterocycles. The summed E-state index contributed by atoms with van der Waals surface area (Å²) in [5, 5.41) is 8.47. The topological polar surface area (TPSA) is 48.7 Å². The Morgan fingerprint density at radius 3 is 2.55 bits per heavy atom. The molecule has 0 unspecified atom stereocenters. The summed E-state index contributed by atoms with van der Waals surface area (Å²) in [7, 11) is 2.17. The van der Waals surface area contributed by atoms with Crippen LogP contribution in [0.3, 0.4) is 0 Å². The van der Waals surface area contributed by atoms with Gasteiger partial charge >= 0.3 is 0 Å². The normalized spacial score (nSPS) is 17.7. The van der Waals surface area contributed by atoms with Crippen LogP contribution in [0.25, 0.3) is 5.65 Å². The molecule has 2 aliphatic heterocycles. The van der Waals surface area contributed by atoms with Gasteiger partial charge in [-0.25, -0.2) is 9.50 Å². The third kappa shape index (κ3) is 5.21. The summed E-state index contributed by atoms with van der Waals surface area (Å²) >= 11 is 1.85. The van der Waals surface area contributed by atoms with E-state index in [1.54, 1.807) is 0 Å². The van der Waals surface area contributed by atoms with Gasteiger partial charge in [0.15, 0.2) is 11.5 Å². The quantitative estimate of drug-likeness (QED) is 0.611. The maximum Gasteiger partial charge on any atom is 0.171 e. The lowest BCUT2D eigenvalue weighted by atomic mass is 10.1. The van der Waals surface area contributed by atoms with Crippen LogP contribution in [-0.2, 0) is 13.0 Å². The summed E-state index contributed by atoms with van der Waals surface area (Å²) in [6.07, 6.45) is 11.4. The third-order valence-corrected chi connectivity index (χ3v) is 6.26. The number of hydrogen-bond donors (Lipinski definition) is 1. The summed E-state index contributed by atoms with van der Waals surface area (Å²) in [5.74, 6) is 2.06. The van der Waals surface area contributed by atoms with Crippen molar-refractivity contribution < 1.29 is 0 Å². The highest BCUT2D eigenvalue weighted by Crippen LogP contribution is 2.34. The van der Waals surface area contributed by atoms with E-state index in [0.717, 1.165) is 62.9 Å². The molecular weight excluding hydrogens is 380 g/mol. The van der Waals surface area contributed by atoms with E-state index in [1.807, 2.05) is 37.8 Å². The molecule has 0 atom stereocenters. The number of aromatic nitrogens is 3. The minimum Gasteiger partial charge on any atom is -0.352 e. The first-order chi connectivity index (χ1) is 14.2. The second-order valence-corrected chi connectivity index (χ2v) is 8.42. The zero-order valence-corrected chi connectivity index (χ0v) is 19.0. The Labute approximate surface area is 179 Å². The first-order valence-corrected chi connectivity index (χ1v) is 11.5. The van der Waals surface area contributed by atoms with Crippen LogP contribution in [0.1, 0.15) is 32.0 Å². The van der Waals surface area contributed by atoms with E-state index >= 15 is 0 Å². The van der Waals surface area contributed by atoms with Gasteiger partial charge in [0, 0.05) is 63.2 Å². The van der Waals surface area contributed by atoms with Gasteiger partial charge in [0.1, 0.15) is 0 Å². The van der Waals surface area contributed by atoms with Crippen LogP contribution in [0.2, 0.25) is 0 Å². The number of anilines is 1. The Kier molecular flexibility index (Phi) is 8.15. The van der Waals surface area contributed by atoms with E-state index in [2.05, 4.69) is 52.0 Å². The zero-order valence-electron chi connectivity index (χ0n) is 18.2. The molecule has 7 heteroatoms. The van der Waals surface area contributed by atoms with Crippen LogP contribution in [-0.4, -0.2) is 65.0 Å². The van der Waals surface area contributed by atoms with Crippen molar-refractivity contribution >= 4 is 23.2 Å². The van der Waals surface area contributed by atoms with Gasteiger partial charge in [0.05, 0.1) is 10.6 Å². The fourth-order valence-corrected chi connectivity index (χ4v) is 4.56. The Morgan fingerprint density at radius 1 is 1.10 bits per heavy atom. The fourth-order valence-electron chi connectivity index (χ4n) is 3.54. The van der Waals surface area contributed by atoms with Crippen molar-refractivity contribution in [2.24, 2.45) is 0 Å². The summed E-state index contributed by atoms with van der Waals surface area (Å²) in [4.78, 5) is 10.8. The highest BCUT2D eigenvalue weighted by Gasteiger charge is 2.25. The average Bonchev–Trinajstić information content (AvgIpc) is 3.13. The summed E-state index contributed by atoms with van der Waals surface area (Å²) in [6.45, 7) is 12.2. The molecular formula is C22H34N6S. The predicted octanol–water partition coefficient (Wildman–Crippen LogP) is 3.38. The Hall–Kier alpha value is -1.83. The summed E-state index contributed by atoms with van der Waals surface area (Å²) < 4.78 is 2.12. The first-order valence-electron chi connectivity index (χ1n) is 10.5. The van der Waals surface area contributed by atoms with E-state index in [-0.39, 0.29) is 0 Å². The van der Waals surface area contributed by atoms with Crippen molar-refractivity contribution in [2.45, 2.75) is 38.6 Å². The molecule has 0 amide bonds. The van der Waals surface area contributed by atoms with Crippen molar-refractivity contribution in [1.29, 1.82) is 0 Å². The molecule has 4 rings (SSSR count). The van der Waals surface area contributed by atoms with E-state index in [9.17, 15) is 0 Å². The molecule has 158 valence electrons. The largest absolute Gasteiger partial charge is 0.352 e. The van der Waals surface area contributed by atoms with E-state index in [0.29, 0.717) is 0 Å². The molecule has 2 aromatic rings. The van der Waals surface area contributed by atoms with E-state index < -0.39 is 0 Å². The molecule has 29 heavy (non-hydrogen) atoms. The Balaban J connectivity index is 0.000000552. The van der Waals surface area contributed by atoms with E-state index in [1.165, 1.54) is 16.2 Å². The van der Waals surface area contributed by atoms with Crippen LogP contribution in [0.5, 0.6) is 0 Å². The maximum atomic E-state index is 5.04. The number of hydrogen-bond acceptors (Lipinski definition) is 6. The second-order valence-electron chi connectivity index (χ2n) is 7.39. The molecule has 4 heterocycles. The van der Waals surface area contributed by atoms with Crippen LogP contribution in [0.4, 0.5) is 5.82 Å². The number of thioether (sulfide) groups is 1. The number of nitrogens with zero attached hydrogens (tertiary/aromatic N) is 5. The standard InChI is InChI=1S/C18H26N6S.C4H8/c1-3-4-11-25-16-17-20-12-14-13-22(2)8-5-15(14)24(17)21-18(16)23-9-6-19-7-10-23;1-3-4-2/h3-4,12,19H,5-11,13H2,1-2H3;3-4H,1-2H3/b2*4-3-. The monoisotopic (exact) mass is 414 g/mol. The number of rotatable bonds is 4. The van der Waals surface area contributed by atoms with Gasteiger partial charge in [-0.15, -0.1) is 16.9 Å². The number of likely N-dealkylation sites (N-methyl/N-ethyl adjacent to an activating group) is 1. The molecule has 2 aliphatic rings. The molecule has 0 spiro atoms. The minimum atomic E-state index is 0.957. The van der Waals surface area contributed by atoms with Crippen molar-refractivity contribution in [3.63, 3.8) is 0 Å².